The zero-order valence-corrected chi connectivity index (χ0v) is 19.4. The Morgan fingerprint density at radius 2 is 1.69 bits per heavy atom. The van der Waals surface area contributed by atoms with Gasteiger partial charge in [-0.2, -0.15) is 0 Å². The maximum absolute atomic E-state index is 12.9. The Bertz CT molecular complexity index is 1380. The van der Waals surface area contributed by atoms with Crippen LogP contribution in [0, 0.1) is 0 Å². The van der Waals surface area contributed by atoms with Gasteiger partial charge in [-0.1, -0.05) is 24.3 Å². The maximum Gasteiger partial charge on any atom is 0.351 e. The van der Waals surface area contributed by atoms with Gasteiger partial charge < -0.3 is 23.7 Å². The second kappa shape index (κ2) is 9.02. The molecule has 5 rings (SSSR count). The number of allylic oxidation sites excluding steroid dienone is 1. The van der Waals surface area contributed by atoms with Crippen molar-refractivity contribution >= 4 is 17.8 Å². The van der Waals surface area contributed by atoms with Crippen LogP contribution >= 0.6 is 0 Å². The summed E-state index contributed by atoms with van der Waals surface area (Å²) in [5.74, 6) is 1.24. The van der Waals surface area contributed by atoms with Gasteiger partial charge in [-0.25, -0.2) is 4.79 Å². The van der Waals surface area contributed by atoms with Crippen molar-refractivity contribution < 1.29 is 33.3 Å². The molecule has 35 heavy (non-hydrogen) atoms. The predicted octanol–water partition coefficient (Wildman–Crippen LogP) is 5.25. The van der Waals surface area contributed by atoms with Crippen LogP contribution in [-0.4, -0.2) is 32.1 Å². The molecule has 2 aliphatic heterocycles. The van der Waals surface area contributed by atoms with E-state index >= 15 is 0 Å². The minimum absolute atomic E-state index is 0.161. The Kier molecular flexibility index (Phi) is 5.74. The zero-order chi connectivity index (χ0) is 24.5. The third-order valence-electron chi connectivity index (χ3n) is 5.80. The maximum atomic E-state index is 12.9. The van der Waals surface area contributed by atoms with Gasteiger partial charge in [-0.05, 0) is 55.0 Å². The molecule has 0 radical (unpaired) electrons. The van der Waals surface area contributed by atoms with Crippen LogP contribution in [0.3, 0.4) is 0 Å². The van der Waals surface area contributed by atoms with Gasteiger partial charge in [0.25, 0.3) is 0 Å². The van der Waals surface area contributed by atoms with Crippen LogP contribution < -0.4 is 23.7 Å². The highest BCUT2D eigenvalue weighted by Gasteiger charge is 2.30. The number of ether oxygens (including phenoxy) is 5. The number of ketones is 1. The molecule has 0 aliphatic carbocycles. The van der Waals surface area contributed by atoms with E-state index in [0.29, 0.717) is 22.8 Å². The SMILES string of the molecule is COc1cccc(OC)c1C(=O)Oc1ccc2c(c1)O/C(=C\C1=Cc3ccccc3O[C@@H]1C)C2=O. The van der Waals surface area contributed by atoms with E-state index in [1.807, 2.05) is 37.3 Å². The summed E-state index contributed by atoms with van der Waals surface area (Å²) in [6.45, 7) is 1.91. The fraction of sp³-hybridized carbons (Fsp3) is 0.143. The Morgan fingerprint density at radius 1 is 0.943 bits per heavy atom. The molecule has 0 saturated heterocycles. The minimum atomic E-state index is -0.656. The molecule has 3 aromatic rings. The van der Waals surface area contributed by atoms with E-state index in [9.17, 15) is 9.59 Å². The number of rotatable bonds is 5. The van der Waals surface area contributed by atoms with Crippen molar-refractivity contribution in [2.45, 2.75) is 13.0 Å². The zero-order valence-electron chi connectivity index (χ0n) is 19.4. The number of fused-ring (bicyclic) bond motifs is 2. The van der Waals surface area contributed by atoms with Gasteiger partial charge in [0.05, 0.1) is 19.8 Å². The molecule has 7 nitrogen and oxygen atoms in total. The molecule has 0 amide bonds. The molecule has 7 heteroatoms. The van der Waals surface area contributed by atoms with E-state index in [0.717, 1.165) is 16.9 Å². The Labute approximate surface area is 202 Å². The summed E-state index contributed by atoms with van der Waals surface area (Å²) >= 11 is 0. The third kappa shape index (κ3) is 4.12. The molecule has 0 aromatic heterocycles. The monoisotopic (exact) mass is 470 g/mol. The van der Waals surface area contributed by atoms with Crippen molar-refractivity contribution in [3.63, 3.8) is 0 Å². The molecule has 3 aromatic carbocycles. The number of hydrogen-bond donors (Lipinski definition) is 0. The summed E-state index contributed by atoms with van der Waals surface area (Å²) < 4.78 is 27.9. The van der Waals surface area contributed by atoms with Gasteiger partial charge in [0, 0.05) is 11.6 Å². The molecule has 2 aliphatic rings. The standard InChI is InChI=1S/C28H22O7/c1-16-18(13-17-7-4-5-8-21(17)33-16)14-25-27(29)20-12-11-19(15-24(20)35-25)34-28(30)26-22(31-2)9-6-10-23(26)32-3/h4-16H,1-3H3/b25-14-/t16-/m1/s1. The van der Waals surface area contributed by atoms with Crippen molar-refractivity contribution in [1.82, 2.24) is 0 Å². The predicted molar refractivity (Wildman–Crippen MR) is 128 cm³/mol. The van der Waals surface area contributed by atoms with E-state index in [1.54, 1.807) is 36.4 Å². The van der Waals surface area contributed by atoms with Crippen LogP contribution in [0.5, 0.6) is 28.7 Å². The quantitative estimate of drug-likeness (QED) is 0.286. The molecule has 2 heterocycles. The molecule has 0 bridgehead atoms. The normalized spacial score (nSPS) is 17.0. The molecule has 0 N–H and O–H groups in total. The summed E-state index contributed by atoms with van der Waals surface area (Å²) in [5.41, 5.74) is 2.29. The molecule has 176 valence electrons. The number of hydrogen-bond acceptors (Lipinski definition) is 7. The molecule has 0 spiro atoms. The van der Waals surface area contributed by atoms with Gasteiger partial charge in [0.2, 0.25) is 5.78 Å². The lowest BCUT2D eigenvalue weighted by Crippen LogP contribution is -2.18. The summed E-state index contributed by atoms with van der Waals surface area (Å²) in [5, 5.41) is 0. The second-order valence-corrected chi connectivity index (χ2v) is 7.97. The summed E-state index contributed by atoms with van der Waals surface area (Å²) in [6.07, 6.45) is 3.42. The number of carbonyl (C=O) groups is 2. The van der Waals surface area contributed by atoms with E-state index in [-0.39, 0.29) is 29.0 Å². The number of carbonyl (C=O) groups excluding carboxylic acids is 2. The average Bonchev–Trinajstić information content (AvgIpc) is 3.18. The number of methoxy groups -OCH3 is 2. The molecule has 0 fully saturated rings. The van der Waals surface area contributed by atoms with Gasteiger partial charge in [-0.15, -0.1) is 0 Å². The van der Waals surface area contributed by atoms with Crippen molar-refractivity contribution in [3.05, 3.63) is 94.8 Å². The number of Topliss-reactive ketones (excluding diaryl/α,β-unsaturated/α-hetero) is 1. The van der Waals surface area contributed by atoms with Crippen molar-refractivity contribution in [3.8, 4) is 28.7 Å². The Balaban J connectivity index is 1.40. The Morgan fingerprint density at radius 3 is 2.43 bits per heavy atom. The lowest BCUT2D eigenvalue weighted by atomic mass is 10.0. The van der Waals surface area contributed by atoms with E-state index in [1.165, 1.54) is 20.3 Å². The fourth-order valence-electron chi connectivity index (χ4n) is 4.01. The topological polar surface area (TPSA) is 80.3 Å². The van der Waals surface area contributed by atoms with Gasteiger partial charge >= 0.3 is 5.97 Å². The smallest absolute Gasteiger partial charge is 0.351 e. The van der Waals surface area contributed by atoms with Gasteiger partial charge in [0.15, 0.2) is 5.76 Å². The van der Waals surface area contributed by atoms with Gasteiger partial charge in [-0.3, -0.25) is 4.79 Å². The largest absolute Gasteiger partial charge is 0.496 e. The van der Waals surface area contributed by atoms with Crippen LogP contribution in [0.4, 0.5) is 0 Å². The first-order valence-corrected chi connectivity index (χ1v) is 11.0. The highest BCUT2D eigenvalue weighted by Crippen LogP contribution is 2.37. The molecule has 0 saturated carbocycles. The summed E-state index contributed by atoms with van der Waals surface area (Å²) in [7, 11) is 2.92. The van der Waals surface area contributed by atoms with E-state index in [4.69, 9.17) is 23.7 Å². The summed E-state index contributed by atoms with van der Waals surface area (Å²) in [4.78, 5) is 25.8. The lowest BCUT2D eigenvalue weighted by Gasteiger charge is -2.22. The average molecular weight is 470 g/mol. The van der Waals surface area contributed by atoms with Crippen molar-refractivity contribution in [2.24, 2.45) is 0 Å². The first kappa shape index (κ1) is 22.3. The fourth-order valence-corrected chi connectivity index (χ4v) is 4.01. The number of esters is 1. The number of benzene rings is 3. The van der Waals surface area contributed by atoms with Crippen molar-refractivity contribution in [1.29, 1.82) is 0 Å². The highest BCUT2D eigenvalue weighted by molar-refractivity contribution is 6.12. The molecule has 1 atom stereocenters. The van der Waals surface area contributed by atoms with Crippen LogP contribution in [0.2, 0.25) is 0 Å². The lowest BCUT2D eigenvalue weighted by molar-refractivity contribution is 0.0727. The molecule has 0 unspecified atom stereocenters. The highest BCUT2D eigenvalue weighted by atomic mass is 16.5. The molecular formula is C28H22O7. The second-order valence-electron chi connectivity index (χ2n) is 7.97. The summed E-state index contributed by atoms with van der Waals surface area (Å²) in [6, 6.07) is 17.3. The van der Waals surface area contributed by atoms with Crippen LogP contribution in [-0.2, 0) is 0 Å². The van der Waals surface area contributed by atoms with E-state index < -0.39 is 5.97 Å². The third-order valence-corrected chi connectivity index (χ3v) is 5.80. The first-order valence-electron chi connectivity index (χ1n) is 11.0. The minimum Gasteiger partial charge on any atom is -0.496 e. The van der Waals surface area contributed by atoms with Crippen molar-refractivity contribution in [2.75, 3.05) is 14.2 Å². The van der Waals surface area contributed by atoms with Gasteiger partial charge in [0.1, 0.15) is 40.4 Å². The van der Waals surface area contributed by atoms with Crippen LogP contribution in [0.15, 0.2) is 78.1 Å². The van der Waals surface area contributed by atoms with Crippen LogP contribution in [0.1, 0.15) is 33.2 Å². The van der Waals surface area contributed by atoms with Crippen LogP contribution in [0.25, 0.3) is 6.08 Å². The number of para-hydroxylation sites is 1. The first-order chi connectivity index (χ1) is 17.0. The van der Waals surface area contributed by atoms with E-state index in [2.05, 4.69) is 0 Å². The Hall–Kier alpha value is -4.52. The molecular weight excluding hydrogens is 448 g/mol.